The maximum Gasteiger partial charge on any atom is 0.333 e. The second-order valence-electron chi connectivity index (χ2n) is 2.22. The van der Waals surface area contributed by atoms with E-state index in [-0.39, 0.29) is 0 Å². The Kier molecular flexibility index (Phi) is 3.63. The zero-order valence-corrected chi connectivity index (χ0v) is 7.23. The lowest BCUT2D eigenvalue weighted by molar-refractivity contribution is -0.135. The van der Waals surface area contributed by atoms with Crippen LogP contribution >= 0.6 is 0 Å². The van der Waals surface area contributed by atoms with E-state index >= 15 is 0 Å². The highest BCUT2D eigenvalue weighted by atomic mass is 16.5. The van der Waals surface area contributed by atoms with Crippen molar-refractivity contribution in [2.24, 2.45) is 0 Å². The van der Waals surface area contributed by atoms with Crippen molar-refractivity contribution in [1.29, 1.82) is 0 Å². The second kappa shape index (κ2) is 5.03. The van der Waals surface area contributed by atoms with Gasteiger partial charge in [-0.2, -0.15) is 0 Å². The van der Waals surface area contributed by atoms with Crippen LogP contribution in [0.5, 0.6) is 0 Å². The number of carbonyl (C=O) groups excluding carboxylic acids is 1. The number of hydrogen-bond acceptors (Lipinski definition) is 4. The molecule has 0 bridgehead atoms. The Morgan fingerprint density at radius 1 is 1.69 bits per heavy atom. The van der Waals surface area contributed by atoms with E-state index < -0.39 is 5.97 Å². The third-order valence-electron chi connectivity index (χ3n) is 1.31. The Morgan fingerprint density at radius 3 is 3.15 bits per heavy atom. The molecule has 1 heterocycles. The van der Waals surface area contributed by atoms with Crippen LogP contribution < -0.4 is 0 Å². The molecular weight excluding hydrogens is 172 g/mol. The molecule has 1 aromatic heterocycles. The largest absolute Gasteiger partial charge is 0.493 e. The van der Waals surface area contributed by atoms with Crippen molar-refractivity contribution in [3.8, 4) is 0 Å². The van der Waals surface area contributed by atoms with Crippen molar-refractivity contribution < 1.29 is 18.7 Å². The highest BCUT2D eigenvalue weighted by molar-refractivity contribution is 5.81. The lowest BCUT2D eigenvalue weighted by Crippen LogP contribution is -1.94. The fourth-order valence-electron chi connectivity index (χ4n) is 0.697. The normalized spacial score (nSPS) is 10.2. The van der Waals surface area contributed by atoms with Gasteiger partial charge in [0.25, 0.3) is 0 Å². The molecule has 4 heteroatoms. The summed E-state index contributed by atoms with van der Waals surface area (Å²) >= 11 is 0. The fraction of sp³-hybridized carbons (Fsp3) is 0.222. The van der Waals surface area contributed by atoms with Crippen molar-refractivity contribution in [3.63, 3.8) is 0 Å². The van der Waals surface area contributed by atoms with E-state index in [4.69, 9.17) is 9.15 Å². The van der Waals surface area contributed by atoms with Gasteiger partial charge in [-0.05, 0) is 12.1 Å². The number of methoxy groups -OCH3 is 1. The van der Waals surface area contributed by atoms with Crippen LogP contribution in [-0.4, -0.2) is 13.1 Å². The van der Waals surface area contributed by atoms with Crippen molar-refractivity contribution >= 4 is 5.97 Å². The minimum Gasteiger partial charge on any atom is -0.493 e. The highest BCUT2D eigenvalue weighted by Gasteiger charge is 1.93. The molecule has 0 atom stereocenters. The van der Waals surface area contributed by atoms with Crippen LogP contribution in [0.15, 0.2) is 35.2 Å². The first-order chi connectivity index (χ1) is 6.33. The van der Waals surface area contributed by atoms with Crippen LogP contribution in [-0.2, 0) is 20.9 Å². The predicted molar refractivity (Wildman–Crippen MR) is 44.7 cm³/mol. The zero-order chi connectivity index (χ0) is 9.52. The van der Waals surface area contributed by atoms with E-state index in [1.54, 1.807) is 18.4 Å². The van der Waals surface area contributed by atoms with Crippen molar-refractivity contribution in [1.82, 2.24) is 0 Å². The topological polar surface area (TPSA) is 48.7 Å². The van der Waals surface area contributed by atoms with E-state index in [2.05, 4.69) is 4.74 Å². The monoisotopic (exact) mass is 182 g/mol. The first-order valence-electron chi connectivity index (χ1n) is 3.71. The molecule has 13 heavy (non-hydrogen) atoms. The summed E-state index contributed by atoms with van der Waals surface area (Å²) in [6.45, 7) is 0.306. The zero-order valence-electron chi connectivity index (χ0n) is 7.23. The Hall–Kier alpha value is -1.71. The Balaban J connectivity index is 2.21. The summed E-state index contributed by atoms with van der Waals surface area (Å²) in [7, 11) is 1.30. The van der Waals surface area contributed by atoms with Gasteiger partial charge in [0.2, 0.25) is 0 Å². The average molecular weight is 182 g/mol. The van der Waals surface area contributed by atoms with Crippen LogP contribution in [0.3, 0.4) is 0 Å². The molecule has 4 nitrogen and oxygen atoms in total. The van der Waals surface area contributed by atoms with Gasteiger partial charge in [0.1, 0.15) is 12.4 Å². The first-order valence-corrected chi connectivity index (χ1v) is 3.71. The second-order valence-corrected chi connectivity index (χ2v) is 2.22. The summed E-state index contributed by atoms with van der Waals surface area (Å²) < 4.78 is 14.3. The minimum absolute atomic E-state index is 0.306. The molecule has 0 aliphatic carbocycles. The molecule has 0 unspecified atom stereocenters. The predicted octanol–water partition coefficient (Wildman–Crippen LogP) is 1.48. The summed E-state index contributed by atoms with van der Waals surface area (Å²) in [6.07, 6.45) is 4.03. The van der Waals surface area contributed by atoms with E-state index in [1.807, 2.05) is 0 Å². The van der Waals surface area contributed by atoms with Gasteiger partial charge < -0.3 is 13.9 Å². The van der Waals surface area contributed by atoms with Crippen LogP contribution in [0.25, 0.3) is 0 Å². The van der Waals surface area contributed by atoms with Crippen molar-refractivity contribution in [3.05, 3.63) is 36.5 Å². The summed E-state index contributed by atoms with van der Waals surface area (Å²) in [5.74, 6) is 0.258. The smallest absolute Gasteiger partial charge is 0.333 e. The maximum absolute atomic E-state index is 10.6. The van der Waals surface area contributed by atoms with E-state index in [1.165, 1.54) is 19.4 Å². The number of furan rings is 1. The Morgan fingerprint density at radius 2 is 2.54 bits per heavy atom. The molecule has 0 aliphatic heterocycles. The highest BCUT2D eigenvalue weighted by Crippen LogP contribution is 2.01. The number of rotatable bonds is 4. The molecule has 0 amide bonds. The molecule has 0 N–H and O–H groups in total. The van der Waals surface area contributed by atoms with Gasteiger partial charge in [-0.15, -0.1) is 0 Å². The number of hydrogen-bond donors (Lipinski definition) is 0. The third-order valence-corrected chi connectivity index (χ3v) is 1.31. The quantitative estimate of drug-likeness (QED) is 0.402. The van der Waals surface area contributed by atoms with Gasteiger partial charge in [0.15, 0.2) is 0 Å². The van der Waals surface area contributed by atoms with Gasteiger partial charge in [0.05, 0.1) is 25.7 Å². The summed E-state index contributed by atoms with van der Waals surface area (Å²) in [5, 5.41) is 0. The van der Waals surface area contributed by atoms with E-state index in [0.717, 1.165) is 0 Å². The number of carbonyl (C=O) groups is 1. The van der Waals surface area contributed by atoms with E-state index in [0.29, 0.717) is 12.4 Å². The minimum atomic E-state index is -0.445. The molecule has 0 saturated carbocycles. The molecule has 1 rings (SSSR count). The van der Waals surface area contributed by atoms with Gasteiger partial charge in [-0.3, -0.25) is 0 Å². The standard InChI is InChI=1S/C9H10O4/c1-11-9(10)4-6-12-7-8-3-2-5-13-8/h2-6H,7H2,1H3/b6-4+. The van der Waals surface area contributed by atoms with Crippen LogP contribution in [0.2, 0.25) is 0 Å². The molecule has 0 aromatic carbocycles. The lowest BCUT2D eigenvalue weighted by atomic mass is 10.5. The van der Waals surface area contributed by atoms with E-state index in [9.17, 15) is 4.79 Å². The maximum atomic E-state index is 10.6. The van der Waals surface area contributed by atoms with Gasteiger partial charge in [0, 0.05) is 0 Å². The molecule has 1 aromatic rings. The molecule has 0 fully saturated rings. The first kappa shape index (κ1) is 9.38. The SMILES string of the molecule is COC(=O)/C=C/OCc1ccco1. The summed E-state index contributed by atoms with van der Waals surface area (Å²) in [5.41, 5.74) is 0. The summed E-state index contributed by atoms with van der Waals surface area (Å²) in [4.78, 5) is 10.6. The molecule has 0 spiro atoms. The molecular formula is C9H10O4. The van der Waals surface area contributed by atoms with Crippen LogP contribution in [0.4, 0.5) is 0 Å². The Labute approximate surface area is 75.7 Å². The van der Waals surface area contributed by atoms with Crippen LogP contribution in [0.1, 0.15) is 5.76 Å². The number of esters is 1. The third kappa shape index (κ3) is 3.46. The fourth-order valence-corrected chi connectivity index (χ4v) is 0.697. The Bertz CT molecular complexity index is 274. The van der Waals surface area contributed by atoms with Gasteiger partial charge in [-0.25, -0.2) is 4.79 Å². The van der Waals surface area contributed by atoms with Gasteiger partial charge in [-0.1, -0.05) is 0 Å². The van der Waals surface area contributed by atoms with Crippen LogP contribution in [0, 0.1) is 0 Å². The summed E-state index contributed by atoms with van der Waals surface area (Å²) in [6, 6.07) is 3.55. The average Bonchev–Trinajstić information content (AvgIpc) is 2.64. The lowest BCUT2D eigenvalue weighted by Gasteiger charge is -1.95. The van der Waals surface area contributed by atoms with Crippen molar-refractivity contribution in [2.75, 3.05) is 7.11 Å². The molecule has 0 radical (unpaired) electrons. The molecule has 70 valence electrons. The number of ether oxygens (including phenoxy) is 2. The van der Waals surface area contributed by atoms with Crippen molar-refractivity contribution in [2.45, 2.75) is 6.61 Å². The van der Waals surface area contributed by atoms with Gasteiger partial charge >= 0.3 is 5.97 Å². The molecule has 0 aliphatic rings. The molecule has 0 saturated heterocycles.